The third-order valence-corrected chi connectivity index (χ3v) is 3.87. The summed E-state index contributed by atoms with van der Waals surface area (Å²) in [5.74, 6) is 0.910. The Kier molecular flexibility index (Phi) is 8.14. The lowest BCUT2D eigenvalue weighted by Crippen LogP contribution is -2.30. The van der Waals surface area contributed by atoms with Crippen LogP contribution in [-0.2, 0) is 14.3 Å². The van der Waals surface area contributed by atoms with Crippen LogP contribution in [0.4, 0.5) is 5.69 Å². The van der Waals surface area contributed by atoms with E-state index in [0.29, 0.717) is 30.2 Å². The summed E-state index contributed by atoms with van der Waals surface area (Å²) >= 11 is 0. The van der Waals surface area contributed by atoms with Crippen molar-refractivity contribution in [1.82, 2.24) is 0 Å². The van der Waals surface area contributed by atoms with Crippen molar-refractivity contribution in [2.24, 2.45) is 0 Å². The highest BCUT2D eigenvalue weighted by molar-refractivity contribution is 5.95. The van der Waals surface area contributed by atoms with E-state index in [2.05, 4.69) is 5.32 Å². The SMILES string of the molecule is COc1ccc(NC(=O)[C@@H](C)OC(=O)CCCOc2ccccc2)cc1OC. The number of hydrogen-bond donors (Lipinski definition) is 1. The minimum atomic E-state index is -0.921. The second kappa shape index (κ2) is 10.8. The van der Waals surface area contributed by atoms with E-state index in [1.165, 1.54) is 21.1 Å². The first kappa shape index (κ1) is 21.1. The maximum absolute atomic E-state index is 12.2. The number of hydrogen-bond acceptors (Lipinski definition) is 6. The smallest absolute Gasteiger partial charge is 0.306 e. The first-order valence-electron chi connectivity index (χ1n) is 8.93. The summed E-state index contributed by atoms with van der Waals surface area (Å²) in [5, 5.41) is 2.69. The molecule has 0 aliphatic carbocycles. The Labute approximate surface area is 164 Å². The van der Waals surface area contributed by atoms with Crippen LogP contribution in [-0.4, -0.2) is 38.8 Å². The Hall–Kier alpha value is -3.22. The van der Waals surface area contributed by atoms with Gasteiger partial charge in [-0.05, 0) is 37.6 Å². The van der Waals surface area contributed by atoms with E-state index in [4.69, 9.17) is 18.9 Å². The van der Waals surface area contributed by atoms with Crippen LogP contribution in [0.1, 0.15) is 19.8 Å². The fraction of sp³-hybridized carbons (Fsp3) is 0.333. The lowest BCUT2D eigenvalue weighted by atomic mass is 10.2. The molecule has 0 spiro atoms. The summed E-state index contributed by atoms with van der Waals surface area (Å²) in [7, 11) is 3.04. The molecule has 1 N–H and O–H groups in total. The Balaban J connectivity index is 1.74. The highest BCUT2D eigenvalue weighted by Gasteiger charge is 2.18. The maximum Gasteiger partial charge on any atom is 0.306 e. The predicted octanol–water partition coefficient (Wildman–Crippen LogP) is 3.43. The van der Waals surface area contributed by atoms with Gasteiger partial charge in [0.25, 0.3) is 5.91 Å². The van der Waals surface area contributed by atoms with Gasteiger partial charge >= 0.3 is 5.97 Å². The topological polar surface area (TPSA) is 83.1 Å². The molecule has 1 amide bonds. The zero-order valence-electron chi connectivity index (χ0n) is 16.3. The predicted molar refractivity (Wildman–Crippen MR) is 105 cm³/mol. The van der Waals surface area contributed by atoms with Crippen molar-refractivity contribution < 1.29 is 28.5 Å². The number of carbonyl (C=O) groups is 2. The fourth-order valence-corrected chi connectivity index (χ4v) is 2.39. The van der Waals surface area contributed by atoms with Crippen molar-refractivity contribution in [3.8, 4) is 17.2 Å². The Morgan fingerprint density at radius 3 is 2.39 bits per heavy atom. The Bertz CT molecular complexity index is 778. The number of methoxy groups -OCH3 is 2. The zero-order chi connectivity index (χ0) is 20.4. The summed E-state index contributed by atoms with van der Waals surface area (Å²) in [6.45, 7) is 1.92. The minimum absolute atomic E-state index is 0.167. The molecule has 0 aromatic heterocycles. The number of anilines is 1. The summed E-state index contributed by atoms with van der Waals surface area (Å²) < 4.78 is 21.0. The number of nitrogens with one attached hydrogen (secondary N) is 1. The van der Waals surface area contributed by atoms with Crippen molar-refractivity contribution in [2.45, 2.75) is 25.9 Å². The maximum atomic E-state index is 12.2. The molecule has 0 radical (unpaired) electrons. The van der Waals surface area contributed by atoms with Gasteiger partial charge in [0.05, 0.1) is 20.8 Å². The molecule has 150 valence electrons. The molecule has 2 rings (SSSR count). The normalized spacial score (nSPS) is 11.2. The first-order chi connectivity index (χ1) is 13.5. The molecule has 0 heterocycles. The summed E-state index contributed by atoms with van der Waals surface area (Å²) in [5.41, 5.74) is 0.516. The summed E-state index contributed by atoms with van der Waals surface area (Å²) in [6, 6.07) is 14.3. The Morgan fingerprint density at radius 2 is 1.71 bits per heavy atom. The molecule has 0 unspecified atom stereocenters. The molecule has 0 aliphatic rings. The van der Waals surface area contributed by atoms with Crippen LogP contribution < -0.4 is 19.5 Å². The van der Waals surface area contributed by atoms with Crippen LogP contribution in [0.5, 0.6) is 17.2 Å². The summed E-state index contributed by atoms with van der Waals surface area (Å²) in [4.78, 5) is 24.1. The van der Waals surface area contributed by atoms with Crippen molar-refractivity contribution >= 4 is 17.6 Å². The molecule has 0 fully saturated rings. The number of amides is 1. The van der Waals surface area contributed by atoms with Gasteiger partial charge in [0.2, 0.25) is 0 Å². The Morgan fingerprint density at radius 1 is 1.00 bits per heavy atom. The average Bonchev–Trinajstić information content (AvgIpc) is 2.71. The van der Waals surface area contributed by atoms with Crippen LogP contribution in [0.3, 0.4) is 0 Å². The van der Waals surface area contributed by atoms with Crippen molar-refractivity contribution in [3.63, 3.8) is 0 Å². The second-order valence-electron chi connectivity index (χ2n) is 5.96. The van der Waals surface area contributed by atoms with Crippen molar-refractivity contribution in [2.75, 3.05) is 26.1 Å². The number of ether oxygens (including phenoxy) is 4. The molecule has 0 bridgehead atoms. The van der Waals surface area contributed by atoms with E-state index in [1.54, 1.807) is 18.2 Å². The molecule has 7 nitrogen and oxygen atoms in total. The van der Waals surface area contributed by atoms with Crippen LogP contribution in [0.2, 0.25) is 0 Å². The van der Waals surface area contributed by atoms with Gasteiger partial charge in [-0.15, -0.1) is 0 Å². The second-order valence-corrected chi connectivity index (χ2v) is 5.96. The van der Waals surface area contributed by atoms with Crippen LogP contribution in [0.25, 0.3) is 0 Å². The standard InChI is InChI=1S/C21H25NO6/c1-15(21(24)22-16-11-12-18(25-2)19(14-16)26-3)28-20(23)10-7-13-27-17-8-5-4-6-9-17/h4-6,8-9,11-12,14-15H,7,10,13H2,1-3H3,(H,22,24)/t15-/m1/s1. The minimum Gasteiger partial charge on any atom is -0.494 e. The van der Waals surface area contributed by atoms with E-state index in [1.807, 2.05) is 30.3 Å². The fourth-order valence-electron chi connectivity index (χ4n) is 2.39. The van der Waals surface area contributed by atoms with E-state index in [0.717, 1.165) is 5.75 Å². The van der Waals surface area contributed by atoms with E-state index in [9.17, 15) is 9.59 Å². The molecule has 7 heteroatoms. The third kappa shape index (κ3) is 6.50. The summed E-state index contributed by atoms with van der Waals surface area (Å²) in [6.07, 6.45) is -0.255. The molecule has 0 saturated heterocycles. The number of carbonyl (C=O) groups excluding carboxylic acids is 2. The molecule has 1 atom stereocenters. The molecular formula is C21H25NO6. The van der Waals surface area contributed by atoms with Crippen LogP contribution >= 0.6 is 0 Å². The monoisotopic (exact) mass is 387 g/mol. The highest BCUT2D eigenvalue weighted by atomic mass is 16.5. The zero-order valence-corrected chi connectivity index (χ0v) is 16.3. The average molecular weight is 387 g/mol. The van der Waals surface area contributed by atoms with Gasteiger partial charge in [0, 0.05) is 18.2 Å². The largest absolute Gasteiger partial charge is 0.494 e. The van der Waals surface area contributed by atoms with Gasteiger partial charge in [-0.25, -0.2) is 0 Å². The first-order valence-corrected chi connectivity index (χ1v) is 8.93. The van der Waals surface area contributed by atoms with Gasteiger partial charge in [-0.3, -0.25) is 9.59 Å². The van der Waals surface area contributed by atoms with Gasteiger partial charge < -0.3 is 24.3 Å². The molecule has 2 aromatic rings. The van der Waals surface area contributed by atoms with Crippen molar-refractivity contribution in [1.29, 1.82) is 0 Å². The number of esters is 1. The van der Waals surface area contributed by atoms with Crippen LogP contribution in [0, 0.1) is 0 Å². The lowest BCUT2D eigenvalue weighted by molar-refractivity contribution is -0.153. The van der Waals surface area contributed by atoms with Gasteiger partial charge in [-0.2, -0.15) is 0 Å². The molecule has 28 heavy (non-hydrogen) atoms. The highest BCUT2D eigenvalue weighted by Crippen LogP contribution is 2.29. The van der Waals surface area contributed by atoms with Crippen LogP contribution in [0.15, 0.2) is 48.5 Å². The van der Waals surface area contributed by atoms with E-state index >= 15 is 0 Å². The van der Waals surface area contributed by atoms with E-state index in [-0.39, 0.29) is 6.42 Å². The molecule has 2 aromatic carbocycles. The molecule has 0 aliphatic heterocycles. The molecular weight excluding hydrogens is 362 g/mol. The van der Waals surface area contributed by atoms with Gasteiger partial charge in [0.1, 0.15) is 5.75 Å². The number of para-hydroxylation sites is 1. The molecule has 0 saturated carbocycles. The van der Waals surface area contributed by atoms with Crippen molar-refractivity contribution in [3.05, 3.63) is 48.5 Å². The number of rotatable bonds is 10. The van der Waals surface area contributed by atoms with E-state index < -0.39 is 18.0 Å². The quantitative estimate of drug-likeness (QED) is 0.497. The third-order valence-electron chi connectivity index (χ3n) is 3.87. The lowest BCUT2D eigenvalue weighted by Gasteiger charge is -2.15. The number of benzene rings is 2. The van der Waals surface area contributed by atoms with Gasteiger partial charge in [-0.1, -0.05) is 18.2 Å². The van der Waals surface area contributed by atoms with Gasteiger partial charge in [0.15, 0.2) is 17.6 Å².